The van der Waals surface area contributed by atoms with E-state index in [2.05, 4.69) is 0 Å². The van der Waals surface area contributed by atoms with Crippen LogP contribution in [0.2, 0.25) is 0 Å². The lowest BCUT2D eigenvalue weighted by molar-refractivity contribution is -0.205. The van der Waals surface area contributed by atoms with Crippen LogP contribution in [0.25, 0.3) is 0 Å². The number of carbonyl (C=O) groups is 1. The van der Waals surface area contributed by atoms with Crippen molar-refractivity contribution in [1.82, 2.24) is 0 Å². The molecule has 0 heterocycles. The highest BCUT2D eigenvalue weighted by Gasteiger charge is 2.63. The summed E-state index contributed by atoms with van der Waals surface area (Å²) in [7, 11) is 0. The maximum Gasteiger partial charge on any atom is 0.311 e. The molecule has 4 saturated carbocycles. The third-order valence-corrected chi connectivity index (χ3v) is 7.03. The van der Waals surface area contributed by atoms with Crippen LogP contribution < -0.4 is 0 Å². The Hall–Kier alpha value is -0.610. The smallest absolute Gasteiger partial charge is 0.311 e. The van der Waals surface area contributed by atoms with Gasteiger partial charge in [-0.1, -0.05) is 6.92 Å². The number of hydrogen-bond acceptors (Lipinski definition) is 4. The number of aliphatic hydroxyl groups is 2. The molecule has 0 aromatic rings. The average molecular weight is 324 g/mol. The molecule has 0 amide bonds. The third-order valence-electron chi connectivity index (χ3n) is 7.03. The number of aliphatic hydroxyl groups excluding tert-OH is 2. The van der Waals surface area contributed by atoms with Crippen LogP contribution in [0.1, 0.15) is 65.7 Å². The molecule has 0 aromatic carbocycles. The summed E-state index contributed by atoms with van der Waals surface area (Å²) in [6, 6.07) is 0. The summed E-state index contributed by atoms with van der Waals surface area (Å²) in [5.41, 5.74) is -0.598. The standard InChI is InChI=1S/C19H32O4/c1-4-16(2,3)15(22)23-13-19-7-14-5-17(9-19,11-20)8-18(6-14,10-19)12-21/h14,20-21H,4-13H2,1-3H3. The summed E-state index contributed by atoms with van der Waals surface area (Å²) < 4.78 is 5.76. The van der Waals surface area contributed by atoms with Crippen molar-refractivity contribution in [3.05, 3.63) is 0 Å². The molecular weight excluding hydrogens is 292 g/mol. The molecule has 2 N–H and O–H groups in total. The largest absolute Gasteiger partial charge is 0.465 e. The van der Waals surface area contributed by atoms with Crippen molar-refractivity contribution in [2.75, 3.05) is 19.8 Å². The lowest BCUT2D eigenvalue weighted by Crippen LogP contribution is -2.60. The molecule has 132 valence electrons. The molecular formula is C19H32O4. The minimum absolute atomic E-state index is 0.0373. The van der Waals surface area contributed by atoms with E-state index in [4.69, 9.17) is 4.74 Å². The summed E-state index contributed by atoms with van der Waals surface area (Å²) in [5, 5.41) is 20.0. The maximum atomic E-state index is 12.4. The van der Waals surface area contributed by atoms with Gasteiger partial charge in [-0.2, -0.15) is 0 Å². The van der Waals surface area contributed by atoms with Gasteiger partial charge < -0.3 is 14.9 Å². The van der Waals surface area contributed by atoms with E-state index in [-0.39, 0.29) is 35.4 Å². The van der Waals surface area contributed by atoms with Gasteiger partial charge in [0.1, 0.15) is 0 Å². The molecule has 4 bridgehead atoms. The first-order chi connectivity index (χ1) is 10.7. The highest BCUT2D eigenvalue weighted by Crippen LogP contribution is 2.69. The van der Waals surface area contributed by atoms with E-state index >= 15 is 0 Å². The van der Waals surface area contributed by atoms with Gasteiger partial charge in [0.15, 0.2) is 0 Å². The number of hydrogen-bond donors (Lipinski definition) is 2. The first-order valence-electron chi connectivity index (χ1n) is 9.11. The van der Waals surface area contributed by atoms with Crippen LogP contribution in [0.4, 0.5) is 0 Å². The molecule has 0 spiro atoms. The van der Waals surface area contributed by atoms with E-state index in [1.165, 1.54) is 0 Å². The van der Waals surface area contributed by atoms with Gasteiger partial charge in [-0.3, -0.25) is 4.79 Å². The SMILES string of the molecule is CCC(C)(C)C(=O)OCC12CC3CC(CO)(CC(CO)(C3)C1)C2. The Morgan fingerprint density at radius 3 is 2.00 bits per heavy atom. The number of rotatable bonds is 6. The maximum absolute atomic E-state index is 12.4. The van der Waals surface area contributed by atoms with Crippen molar-refractivity contribution < 1.29 is 19.7 Å². The summed E-state index contributed by atoms with van der Waals surface area (Å²) in [5.74, 6) is 0.440. The lowest BCUT2D eigenvalue weighted by atomic mass is 9.40. The van der Waals surface area contributed by atoms with Gasteiger partial charge in [-0.05, 0) is 75.5 Å². The van der Waals surface area contributed by atoms with Gasteiger partial charge in [0, 0.05) is 18.6 Å². The molecule has 4 heteroatoms. The van der Waals surface area contributed by atoms with Crippen molar-refractivity contribution in [2.45, 2.75) is 65.7 Å². The van der Waals surface area contributed by atoms with Crippen LogP contribution in [0.5, 0.6) is 0 Å². The fourth-order valence-electron chi connectivity index (χ4n) is 6.13. The van der Waals surface area contributed by atoms with Gasteiger partial charge >= 0.3 is 5.97 Å². The van der Waals surface area contributed by atoms with Crippen LogP contribution in [0.15, 0.2) is 0 Å². The predicted octanol–water partition coefficient (Wildman–Crippen LogP) is 2.91. The lowest BCUT2D eigenvalue weighted by Gasteiger charge is -2.66. The van der Waals surface area contributed by atoms with Crippen LogP contribution in [0, 0.1) is 27.6 Å². The van der Waals surface area contributed by atoms with E-state index in [9.17, 15) is 15.0 Å². The van der Waals surface area contributed by atoms with E-state index in [1.54, 1.807) is 0 Å². The van der Waals surface area contributed by atoms with Crippen molar-refractivity contribution in [2.24, 2.45) is 27.6 Å². The zero-order valence-corrected chi connectivity index (χ0v) is 14.9. The molecule has 4 aliphatic carbocycles. The summed E-state index contributed by atoms with van der Waals surface area (Å²) in [4.78, 5) is 12.4. The van der Waals surface area contributed by atoms with E-state index in [0.717, 1.165) is 44.9 Å². The molecule has 4 nitrogen and oxygen atoms in total. The molecule has 2 atom stereocenters. The molecule has 0 radical (unpaired) electrons. The first kappa shape index (κ1) is 17.2. The Morgan fingerprint density at radius 1 is 1.04 bits per heavy atom. The fraction of sp³-hybridized carbons (Fsp3) is 0.947. The van der Waals surface area contributed by atoms with E-state index < -0.39 is 5.41 Å². The predicted molar refractivity (Wildman–Crippen MR) is 87.7 cm³/mol. The Morgan fingerprint density at radius 2 is 1.52 bits per heavy atom. The number of carbonyl (C=O) groups excluding carboxylic acids is 1. The van der Waals surface area contributed by atoms with E-state index in [0.29, 0.717) is 12.5 Å². The zero-order chi connectivity index (χ0) is 16.9. The van der Waals surface area contributed by atoms with Crippen molar-refractivity contribution in [3.8, 4) is 0 Å². The second kappa shape index (κ2) is 5.45. The third kappa shape index (κ3) is 2.82. The molecule has 4 rings (SSSR count). The van der Waals surface area contributed by atoms with E-state index in [1.807, 2.05) is 20.8 Å². The van der Waals surface area contributed by atoms with Crippen LogP contribution in [0.3, 0.4) is 0 Å². The van der Waals surface area contributed by atoms with Crippen molar-refractivity contribution in [3.63, 3.8) is 0 Å². The summed E-state index contributed by atoms with van der Waals surface area (Å²) in [6.45, 7) is 6.71. The Balaban J connectivity index is 1.78. The minimum atomic E-state index is -0.439. The summed E-state index contributed by atoms with van der Waals surface area (Å²) in [6.07, 6.45) is 6.80. The van der Waals surface area contributed by atoms with Crippen LogP contribution >= 0.6 is 0 Å². The topological polar surface area (TPSA) is 66.8 Å². The van der Waals surface area contributed by atoms with Crippen molar-refractivity contribution >= 4 is 5.97 Å². The Labute approximate surface area is 139 Å². The highest BCUT2D eigenvalue weighted by molar-refractivity contribution is 5.75. The normalized spacial score (nSPS) is 42.0. The van der Waals surface area contributed by atoms with Gasteiger partial charge in [-0.25, -0.2) is 0 Å². The van der Waals surface area contributed by atoms with Gasteiger partial charge in [0.2, 0.25) is 0 Å². The van der Waals surface area contributed by atoms with Gasteiger partial charge in [-0.15, -0.1) is 0 Å². The quantitative estimate of drug-likeness (QED) is 0.737. The highest BCUT2D eigenvalue weighted by atomic mass is 16.5. The second-order valence-corrected chi connectivity index (χ2v) is 9.64. The molecule has 2 unspecified atom stereocenters. The monoisotopic (exact) mass is 324 g/mol. The molecule has 0 saturated heterocycles. The molecule has 0 aliphatic heterocycles. The van der Waals surface area contributed by atoms with Crippen LogP contribution in [-0.2, 0) is 9.53 Å². The Kier molecular flexibility index (Phi) is 4.08. The number of esters is 1. The Bertz CT molecular complexity index is 464. The molecule has 4 fully saturated rings. The van der Waals surface area contributed by atoms with Gasteiger partial charge in [0.05, 0.1) is 12.0 Å². The van der Waals surface area contributed by atoms with Crippen LogP contribution in [-0.4, -0.2) is 36.0 Å². The minimum Gasteiger partial charge on any atom is -0.465 e. The fourth-order valence-corrected chi connectivity index (χ4v) is 6.13. The van der Waals surface area contributed by atoms with Crippen molar-refractivity contribution in [1.29, 1.82) is 0 Å². The molecule has 0 aromatic heterocycles. The second-order valence-electron chi connectivity index (χ2n) is 9.64. The molecule has 4 aliphatic rings. The number of ether oxygens (including phenoxy) is 1. The average Bonchev–Trinajstić information content (AvgIpc) is 2.51. The zero-order valence-electron chi connectivity index (χ0n) is 14.9. The molecule has 23 heavy (non-hydrogen) atoms. The first-order valence-corrected chi connectivity index (χ1v) is 9.11. The van der Waals surface area contributed by atoms with Gasteiger partial charge in [0.25, 0.3) is 0 Å². The summed E-state index contributed by atoms with van der Waals surface area (Å²) >= 11 is 0.